The van der Waals surface area contributed by atoms with Gasteiger partial charge in [-0.25, -0.2) is 0 Å². The standard InChI is InChI=1S/C15H28N4/c1-5-9(4)7-11-14(18)12(16)10(6-8(2)3)13(17)15(11)19/h8-9H,5-7,16-19H2,1-4H3. The van der Waals surface area contributed by atoms with Gasteiger partial charge in [0.2, 0.25) is 0 Å². The van der Waals surface area contributed by atoms with Gasteiger partial charge in [-0.15, -0.1) is 0 Å². The summed E-state index contributed by atoms with van der Waals surface area (Å²) in [4.78, 5) is 0. The molecule has 19 heavy (non-hydrogen) atoms. The lowest BCUT2D eigenvalue weighted by Gasteiger charge is -2.21. The third kappa shape index (κ3) is 3.25. The summed E-state index contributed by atoms with van der Waals surface area (Å²) in [6.45, 7) is 8.57. The van der Waals surface area contributed by atoms with E-state index in [4.69, 9.17) is 22.9 Å². The molecule has 0 saturated carbocycles. The zero-order valence-electron chi connectivity index (χ0n) is 12.6. The first-order chi connectivity index (χ1) is 8.79. The van der Waals surface area contributed by atoms with Crippen LogP contribution in [0.5, 0.6) is 0 Å². The highest BCUT2D eigenvalue weighted by molar-refractivity contribution is 5.88. The van der Waals surface area contributed by atoms with Crippen molar-refractivity contribution in [3.63, 3.8) is 0 Å². The van der Waals surface area contributed by atoms with Gasteiger partial charge in [-0.05, 0) is 24.7 Å². The lowest BCUT2D eigenvalue weighted by molar-refractivity contribution is 0.562. The van der Waals surface area contributed by atoms with Gasteiger partial charge in [0.05, 0.1) is 22.7 Å². The Kier molecular flexibility index (Phi) is 4.92. The summed E-state index contributed by atoms with van der Waals surface area (Å²) in [5, 5.41) is 0. The molecule has 8 N–H and O–H groups in total. The number of nitrogen functional groups attached to an aromatic ring is 4. The molecule has 0 spiro atoms. The molecular formula is C15H28N4. The van der Waals surface area contributed by atoms with E-state index in [1.165, 1.54) is 0 Å². The average Bonchev–Trinajstić information content (AvgIpc) is 2.36. The molecule has 0 bridgehead atoms. The minimum Gasteiger partial charge on any atom is -0.397 e. The number of anilines is 4. The fourth-order valence-corrected chi connectivity index (χ4v) is 2.28. The fraction of sp³-hybridized carbons (Fsp3) is 0.600. The minimum atomic E-state index is 0.462. The van der Waals surface area contributed by atoms with E-state index >= 15 is 0 Å². The highest BCUT2D eigenvalue weighted by Gasteiger charge is 2.19. The Labute approximate surface area is 116 Å². The first-order valence-corrected chi connectivity index (χ1v) is 7.03. The number of nitrogens with two attached hydrogens (primary N) is 4. The van der Waals surface area contributed by atoms with E-state index in [1.807, 2.05) is 0 Å². The summed E-state index contributed by atoms with van der Waals surface area (Å²) in [5.41, 5.74) is 28.9. The van der Waals surface area contributed by atoms with Crippen molar-refractivity contribution < 1.29 is 0 Å². The zero-order chi connectivity index (χ0) is 14.7. The molecule has 1 rings (SSSR count). The molecule has 0 aromatic heterocycles. The molecule has 1 aromatic carbocycles. The maximum atomic E-state index is 6.17. The van der Waals surface area contributed by atoms with Crippen molar-refractivity contribution in [2.24, 2.45) is 11.8 Å². The van der Waals surface area contributed by atoms with Crippen LogP contribution >= 0.6 is 0 Å². The Morgan fingerprint density at radius 1 is 0.737 bits per heavy atom. The molecule has 0 aliphatic carbocycles. The number of rotatable bonds is 5. The average molecular weight is 264 g/mol. The SMILES string of the molecule is CCC(C)Cc1c(N)c(N)c(CC(C)C)c(N)c1N. The molecular weight excluding hydrogens is 236 g/mol. The van der Waals surface area contributed by atoms with Crippen molar-refractivity contribution in [1.82, 2.24) is 0 Å². The normalized spacial score (nSPS) is 12.9. The van der Waals surface area contributed by atoms with Crippen LogP contribution in [-0.4, -0.2) is 0 Å². The van der Waals surface area contributed by atoms with Crippen LogP contribution in [-0.2, 0) is 12.8 Å². The number of hydrogen-bond donors (Lipinski definition) is 4. The van der Waals surface area contributed by atoms with Crippen LogP contribution in [0, 0.1) is 11.8 Å². The maximum absolute atomic E-state index is 6.17. The van der Waals surface area contributed by atoms with E-state index in [-0.39, 0.29) is 0 Å². The fourth-order valence-electron chi connectivity index (χ4n) is 2.28. The monoisotopic (exact) mass is 264 g/mol. The van der Waals surface area contributed by atoms with Crippen LogP contribution in [0.2, 0.25) is 0 Å². The Bertz CT molecular complexity index is 423. The van der Waals surface area contributed by atoms with Crippen LogP contribution in [0.3, 0.4) is 0 Å². The third-order valence-electron chi connectivity index (χ3n) is 3.74. The molecule has 0 saturated heterocycles. The van der Waals surface area contributed by atoms with Crippen molar-refractivity contribution in [3.8, 4) is 0 Å². The molecule has 0 aliphatic heterocycles. The van der Waals surface area contributed by atoms with Crippen LogP contribution in [0.25, 0.3) is 0 Å². The van der Waals surface area contributed by atoms with E-state index in [1.54, 1.807) is 0 Å². The van der Waals surface area contributed by atoms with Crippen molar-refractivity contribution in [3.05, 3.63) is 11.1 Å². The summed E-state index contributed by atoms with van der Waals surface area (Å²) >= 11 is 0. The Balaban J connectivity index is 3.30. The Hall–Kier alpha value is -1.58. The van der Waals surface area contributed by atoms with Gasteiger partial charge in [-0.2, -0.15) is 0 Å². The summed E-state index contributed by atoms with van der Waals surface area (Å²) < 4.78 is 0. The largest absolute Gasteiger partial charge is 0.397 e. The van der Waals surface area contributed by atoms with Crippen LogP contribution in [0.15, 0.2) is 0 Å². The predicted octanol–water partition coefficient (Wildman–Crippen LogP) is 2.80. The number of benzene rings is 1. The van der Waals surface area contributed by atoms with E-state index < -0.39 is 0 Å². The quantitative estimate of drug-likeness (QED) is 0.614. The number of hydrogen-bond acceptors (Lipinski definition) is 4. The van der Waals surface area contributed by atoms with Gasteiger partial charge in [0.1, 0.15) is 0 Å². The van der Waals surface area contributed by atoms with E-state index in [0.29, 0.717) is 34.6 Å². The van der Waals surface area contributed by atoms with Crippen LogP contribution in [0.1, 0.15) is 45.2 Å². The first-order valence-electron chi connectivity index (χ1n) is 7.03. The van der Waals surface area contributed by atoms with E-state index in [2.05, 4.69) is 27.7 Å². The molecule has 4 nitrogen and oxygen atoms in total. The molecule has 0 amide bonds. The van der Waals surface area contributed by atoms with Crippen LogP contribution in [0.4, 0.5) is 22.7 Å². The second-order valence-corrected chi connectivity index (χ2v) is 5.93. The van der Waals surface area contributed by atoms with Crippen molar-refractivity contribution in [1.29, 1.82) is 0 Å². The lowest BCUT2D eigenvalue weighted by atomic mass is 9.90. The molecule has 1 unspecified atom stereocenters. The second kappa shape index (κ2) is 6.04. The highest BCUT2D eigenvalue weighted by atomic mass is 14.8. The molecule has 0 aliphatic rings. The predicted molar refractivity (Wildman–Crippen MR) is 85.8 cm³/mol. The lowest BCUT2D eigenvalue weighted by Crippen LogP contribution is -2.14. The van der Waals surface area contributed by atoms with E-state index in [9.17, 15) is 0 Å². The second-order valence-electron chi connectivity index (χ2n) is 5.93. The van der Waals surface area contributed by atoms with Crippen molar-refractivity contribution in [2.45, 2.75) is 47.0 Å². The molecule has 1 atom stereocenters. The van der Waals surface area contributed by atoms with Gasteiger partial charge in [-0.3, -0.25) is 0 Å². The summed E-state index contributed by atoms with van der Waals surface area (Å²) in [6, 6.07) is 0. The smallest absolute Gasteiger partial charge is 0.0605 e. The first kappa shape index (κ1) is 15.5. The summed E-state index contributed by atoms with van der Waals surface area (Å²) in [7, 11) is 0. The molecule has 0 heterocycles. The molecule has 108 valence electrons. The van der Waals surface area contributed by atoms with Crippen molar-refractivity contribution >= 4 is 22.7 Å². The van der Waals surface area contributed by atoms with Gasteiger partial charge in [0.15, 0.2) is 0 Å². The summed E-state index contributed by atoms with van der Waals surface area (Å²) in [6.07, 6.45) is 2.70. The highest BCUT2D eigenvalue weighted by Crippen LogP contribution is 2.39. The Morgan fingerprint density at radius 2 is 1.11 bits per heavy atom. The van der Waals surface area contributed by atoms with Gasteiger partial charge in [0, 0.05) is 11.1 Å². The van der Waals surface area contributed by atoms with Gasteiger partial charge in [0.25, 0.3) is 0 Å². The van der Waals surface area contributed by atoms with Gasteiger partial charge < -0.3 is 22.9 Å². The molecule has 1 aromatic rings. The Morgan fingerprint density at radius 3 is 1.42 bits per heavy atom. The maximum Gasteiger partial charge on any atom is 0.0605 e. The summed E-state index contributed by atoms with van der Waals surface area (Å²) in [5.74, 6) is 0.975. The third-order valence-corrected chi connectivity index (χ3v) is 3.74. The topological polar surface area (TPSA) is 104 Å². The molecule has 0 radical (unpaired) electrons. The van der Waals surface area contributed by atoms with Gasteiger partial charge >= 0.3 is 0 Å². The van der Waals surface area contributed by atoms with E-state index in [0.717, 1.165) is 30.4 Å². The van der Waals surface area contributed by atoms with Gasteiger partial charge in [-0.1, -0.05) is 34.1 Å². The molecule has 0 fully saturated rings. The van der Waals surface area contributed by atoms with Crippen LogP contribution < -0.4 is 22.9 Å². The molecule has 4 heteroatoms. The van der Waals surface area contributed by atoms with Crippen molar-refractivity contribution in [2.75, 3.05) is 22.9 Å². The minimum absolute atomic E-state index is 0.462. The zero-order valence-corrected chi connectivity index (χ0v) is 12.6.